The Morgan fingerprint density at radius 2 is 1.43 bits per heavy atom. The van der Waals surface area contributed by atoms with Crippen molar-refractivity contribution in [3.63, 3.8) is 0 Å². The van der Waals surface area contributed by atoms with Crippen LogP contribution in [0.25, 0.3) is 0 Å². The van der Waals surface area contributed by atoms with Crippen LogP contribution in [0.2, 0.25) is 0 Å². The number of amides is 4. The third kappa shape index (κ3) is 12.8. The highest BCUT2D eigenvalue weighted by atomic mass is 16.6. The summed E-state index contributed by atoms with van der Waals surface area (Å²) in [6.45, 7) is 13.6. The van der Waals surface area contributed by atoms with Crippen molar-refractivity contribution in [1.29, 1.82) is 0 Å². The Bertz CT molecular complexity index is 1430. The van der Waals surface area contributed by atoms with Gasteiger partial charge in [-0.15, -0.1) is 6.42 Å². The highest BCUT2D eigenvalue weighted by Crippen LogP contribution is 2.27. The minimum Gasteiger partial charge on any atom is -0.458 e. The van der Waals surface area contributed by atoms with Crippen molar-refractivity contribution >= 4 is 29.8 Å². The van der Waals surface area contributed by atoms with E-state index in [-0.39, 0.29) is 19.3 Å². The van der Waals surface area contributed by atoms with Crippen LogP contribution < -0.4 is 16.4 Å². The molecule has 3 atom stereocenters. The Morgan fingerprint density at radius 3 is 1.91 bits per heavy atom. The first-order valence-corrected chi connectivity index (χ1v) is 15.5. The van der Waals surface area contributed by atoms with E-state index >= 15 is 0 Å². The average molecular weight is 649 g/mol. The Kier molecular flexibility index (Phi) is 13.6. The number of benzene rings is 2. The molecule has 0 saturated carbocycles. The van der Waals surface area contributed by atoms with Gasteiger partial charge in [0.25, 0.3) is 0 Å². The fourth-order valence-corrected chi connectivity index (χ4v) is 4.72. The molecule has 0 spiro atoms. The number of hydrogen-bond acceptors (Lipinski definition) is 7. The second-order valence-electron chi connectivity index (χ2n) is 13.5. The summed E-state index contributed by atoms with van der Waals surface area (Å²) in [5.74, 6) is -0.123. The molecular weight excluding hydrogens is 600 g/mol. The molecule has 0 bridgehead atoms. The molecule has 0 heterocycles. The monoisotopic (exact) mass is 648 g/mol. The number of ether oxygens (including phenoxy) is 2. The van der Waals surface area contributed by atoms with Crippen molar-refractivity contribution in [2.45, 2.75) is 110 Å². The van der Waals surface area contributed by atoms with Crippen molar-refractivity contribution < 1.29 is 33.4 Å². The molecular formula is C36H48N4O7. The van der Waals surface area contributed by atoms with E-state index < -0.39 is 65.2 Å². The summed E-state index contributed by atoms with van der Waals surface area (Å²) in [4.78, 5) is 68.0. The number of carbonyl (C=O) groups is 5. The first-order valence-electron chi connectivity index (χ1n) is 15.5. The van der Waals surface area contributed by atoms with Gasteiger partial charge >= 0.3 is 12.1 Å². The number of terminal acetylenes is 1. The molecule has 0 aliphatic rings. The molecule has 0 radical (unpaired) electrons. The Hall–Kier alpha value is -4.85. The van der Waals surface area contributed by atoms with Gasteiger partial charge in [-0.2, -0.15) is 0 Å². The van der Waals surface area contributed by atoms with Gasteiger partial charge in [-0.25, -0.2) is 9.59 Å². The van der Waals surface area contributed by atoms with Crippen LogP contribution in [0.1, 0.15) is 91.0 Å². The molecule has 0 aliphatic heterocycles. The predicted molar refractivity (Wildman–Crippen MR) is 179 cm³/mol. The summed E-state index contributed by atoms with van der Waals surface area (Å²) < 4.78 is 11.0. The summed E-state index contributed by atoms with van der Waals surface area (Å²) >= 11 is 0. The van der Waals surface area contributed by atoms with E-state index in [4.69, 9.17) is 21.6 Å². The van der Waals surface area contributed by atoms with E-state index in [1.807, 2.05) is 30.3 Å². The molecule has 3 unspecified atom stereocenters. The fraction of sp³-hybridized carbons (Fsp3) is 0.472. The van der Waals surface area contributed by atoms with Gasteiger partial charge in [0.1, 0.15) is 29.3 Å². The van der Waals surface area contributed by atoms with Gasteiger partial charge in [-0.05, 0) is 85.1 Å². The SMILES string of the molecule is C#Cc1ccc(C(C(=O)NC(Cc2ccccc2)C(=O)OC(C)(C)C)N(C(=O)C(CCC(N)=O)NC(=O)OC(C)(C)C)C(C)C)cc1. The number of carbonyl (C=O) groups excluding carboxylic acids is 5. The zero-order valence-electron chi connectivity index (χ0n) is 28.6. The first kappa shape index (κ1) is 38.3. The highest BCUT2D eigenvalue weighted by molar-refractivity contribution is 5.94. The number of nitrogens with zero attached hydrogens (tertiary/aromatic N) is 1. The molecule has 11 nitrogen and oxygen atoms in total. The van der Waals surface area contributed by atoms with Crippen LogP contribution in [0.4, 0.5) is 4.79 Å². The quantitative estimate of drug-likeness (QED) is 0.217. The van der Waals surface area contributed by atoms with Crippen LogP contribution >= 0.6 is 0 Å². The third-order valence-electron chi connectivity index (χ3n) is 6.69. The topological polar surface area (TPSA) is 157 Å². The molecule has 11 heteroatoms. The Balaban J connectivity index is 2.62. The second kappa shape index (κ2) is 16.6. The average Bonchev–Trinajstić information content (AvgIpc) is 2.95. The van der Waals surface area contributed by atoms with E-state index in [0.29, 0.717) is 11.1 Å². The number of nitrogens with two attached hydrogens (primary N) is 1. The fourth-order valence-electron chi connectivity index (χ4n) is 4.72. The van der Waals surface area contributed by atoms with Crippen molar-refractivity contribution in [1.82, 2.24) is 15.5 Å². The number of rotatable bonds is 13. The van der Waals surface area contributed by atoms with Crippen molar-refractivity contribution in [3.8, 4) is 12.3 Å². The minimum absolute atomic E-state index is 0.126. The normalized spacial score (nSPS) is 13.4. The van der Waals surface area contributed by atoms with Crippen molar-refractivity contribution in [3.05, 3.63) is 71.3 Å². The first-order chi connectivity index (χ1) is 21.8. The van der Waals surface area contributed by atoms with Gasteiger partial charge in [0, 0.05) is 24.4 Å². The molecule has 254 valence electrons. The number of esters is 1. The van der Waals surface area contributed by atoms with E-state index in [0.717, 1.165) is 5.56 Å². The Labute approximate surface area is 277 Å². The summed E-state index contributed by atoms with van der Waals surface area (Å²) in [6, 6.07) is 11.4. The van der Waals surface area contributed by atoms with Crippen molar-refractivity contribution in [2.75, 3.05) is 0 Å². The van der Waals surface area contributed by atoms with Gasteiger partial charge in [0.05, 0.1) is 0 Å². The molecule has 0 aromatic heterocycles. The zero-order valence-corrected chi connectivity index (χ0v) is 28.6. The zero-order chi connectivity index (χ0) is 35.5. The number of alkyl carbamates (subject to hydrolysis) is 1. The van der Waals surface area contributed by atoms with Gasteiger partial charge in [0.2, 0.25) is 17.7 Å². The molecule has 2 rings (SSSR count). The van der Waals surface area contributed by atoms with E-state index in [2.05, 4.69) is 16.6 Å². The summed E-state index contributed by atoms with van der Waals surface area (Å²) in [5.41, 5.74) is 5.43. The van der Waals surface area contributed by atoms with E-state index in [1.165, 1.54) is 4.90 Å². The van der Waals surface area contributed by atoms with Crippen molar-refractivity contribution in [2.24, 2.45) is 5.73 Å². The number of primary amides is 1. The van der Waals surface area contributed by atoms with E-state index in [9.17, 15) is 24.0 Å². The maximum Gasteiger partial charge on any atom is 0.408 e. The predicted octanol–water partition coefficient (Wildman–Crippen LogP) is 4.17. The lowest BCUT2D eigenvalue weighted by atomic mass is 9.98. The van der Waals surface area contributed by atoms with E-state index in [1.54, 1.807) is 79.7 Å². The molecule has 0 aliphatic carbocycles. The lowest BCUT2D eigenvalue weighted by molar-refractivity contribution is -0.159. The van der Waals surface area contributed by atoms with Gasteiger partial charge in [0.15, 0.2) is 0 Å². The van der Waals surface area contributed by atoms with Crippen LogP contribution in [0.3, 0.4) is 0 Å². The standard InChI is InChI=1S/C36H48N4O7/c1-10-24-16-18-26(19-17-24)30(31(42)38-28(33(44)46-35(4,5)6)22-25-14-12-11-13-15-25)40(23(2)3)32(43)27(20-21-29(37)41)39-34(45)47-36(7,8)9/h1,11-19,23,27-28,30H,20-22H2,2-9H3,(H2,37,41)(H,38,42)(H,39,45). The molecule has 0 saturated heterocycles. The third-order valence-corrected chi connectivity index (χ3v) is 6.69. The largest absolute Gasteiger partial charge is 0.458 e. The van der Waals surface area contributed by atoms with Gasteiger partial charge in [-0.3, -0.25) is 14.4 Å². The molecule has 4 amide bonds. The maximum atomic E-state index is 14.4. The maximum absolute atomic E-state index is 14.4. The smallest absolute Gasteiger partial charge is 0.408 e. The minimum atomic E-state index is -1.29. The summed E-state index contributed by atoms with van der Waals surface area (Å²) in [5, 5.41) is 5.38. The molecule has 47 heavy (non-hydrogen) atoms. The molecule has 2 aromatic rings. The van der Waals surface area contributed by atoms with Crippen LogP contribution in [0.5, 0.6) is 0 Å². The van der Waals surface area contributed by atoms with Crippen LogP contribution in [-0.4, -0.2) is 64.0 Å². The lowest BCUT2D eigenvalue weighted by Crippen LogP contribution is -2.56. The molecule has 4 N–H and O–H groups in total. The molecule has 0 fully saturated rings. The highest BCUT2D eigenvalue weighted by Gasteiger charge is 2.39. The molecule has 2 aromatic carbocycles. The van der Waals surface area contributed by atoms with Gasteiger partial charge in [-0.1, -0.05) is 48.4 Å². The number of nitrogens with one attached hydrogen (secondary N) is 2. The van der Waals surface area contributed by atoms with Crippen LogP contribution in [0.15, 0.2) is 54.6 Å². The number of hydrogen-bond donors (Lipinski definition) is 3. The van der Waals surface area contributed by atoms with Crippen LogP contribution in [0, 0.1) is 12.3 Å². The van der Waals surface area contributed by atoms with Gasteiger partial charge < -0.3 is 30.7 Å². The Morgan fingerprint density at radius 1 is 0.851 bits per heavy atom. The lowest BCUT2D eigenvalue weighted by Gasteiger charge is -2.38. The summed E-state index contributed by atoms with van der Waals surface area (Å²) in [7, 11) is 0. The summed E-state index contributed by atoms with van der Waals surface area (Å²) in [6.07, 6.45) is 4.45. The second-order valence-corrected chi connectivity index (χ2v) is 13.5. The van der Waals surface area contributed by atoms with Crippen LogP contribution in [-0.2, 0) is 35.1 Å².